The van der Waals surface area contributed by atoms with Crippen molar-refractivity contribution in [2.45, 2.75) is 19.2 Å². The van der Waals surface area contributed by atoms with E-state index < -0.39 is 17.8 Å². The van der Waals surface area contributed by atoms with E-state index in [2.05, 4.69) is 0 Å². The number of hydrogen-bond acceptors (Lipinski definition) is 1. The monoisotopic (exact) mass is 300 g/mol. The Morgan fingerprint density at radius 3 is 2.25 bits per heavy atom. The van der Waals surface area contributed by atoms with Crippen molar-refractivity contribution in [3.05, 3.63) is 69.7 Å². The van der Waals surface area contributed by atoms with E-state index in [0.29, 0.717) is 16.1 Å². The molecule has 0 bridgehead atoms. The van der Waals surface area contributed by atoms with E-state index in [9.17, 15) is 18.3 Å². The topological polar surface area (TPSA) is 20.2 Å². The van der Waals surface area contributed by atoms with Crippen LogP contribution in [0.3, 0.4) is 0 Å². The molecule has 2 aromatic carbocycles. The molecule has 2 aromatic rings. The van der Waals surface area contributed by atoms with Crippen LogP contribution in [0, 0.1) is 6.92 Å². The molecule has 0 radical (unpaired) electrons. The van der Waals surface area contributed by atoms with Crippen LogP contribution >= 0.6 is 11.6 Å². The molecule has 1 unspecified atom stereocenters. The fourth-order valence-corrected chi connectivity index (χ4v) is 2.26. The highest BCUT2D eigenvalue weighted by Crippen LogP contribution is 2.37. The molecule has 1 nitrogen and oxygen atoms in total. The number of aliphatic hydroxyl groups excluding tert-OH is 1. The molecule has 2 rings (SSSR count). The lowest BCUT2D eigenvalue weighted by atomic mass is 9.94. The van der Waals surface area contributed by atoms with Gasteiger partial charge in [0.15, 0.2) is 0 Å². The minimum atomic E-state index is -4.51. The van der Waals surface area contributed by atoms with Crippen molar-refractivity contribution in [1.29, 1.82) is 0 Å². The normalized spacial score (nSPS) is 13.3. The third-order valence-electron chi connectivity index (χ3n) is 3.16. The van der Waals surface area contributed by atoms with E-state index in [1.807, 2.05) is 0 Å². The van der Waals surface area contributed by atoms with Gasteiger partial charge >= 0.3 is 6.18 Å². The molecule has 0 saturated carbocycles. The molecule has 5 heteroatoms. The lowest BCUT2D eigenvalue weighted by molar-refractivity contribution is -0.139. The lowest BCUT2D eigenvalue weighted by Gasteiger charge is -2.19. The zero-order valence-corrected chi connectivity index (χ0v) is 11.3. The van der Waals surface area contributed by atoms with Crippen molar-refractivity contribution >= 4 is 11.6 Å². The highest BCUT2D eigenvalue weighted by molar-refractivity contribution is 6.31. The standard InChI is InChI=1S/C15H12ClF3O/c1-9-10(6-4-8-13(9)16)14(20)11-5-2-3-7-12(11)15(17,18)19/h2-8,14,20H,1H3. The van der Waals surface area contributed by atoms with Crippen LogP contribution in [0.25, 0.3) is 0 Å². The maximum atomic E-state index is 13.0. The molecule has 20 heavy (non-hydrogen) atoms. The second-order valence-electron chi connectivity index (χ2n) is 4.44. The van der Waals surface area contributed by atoms with Gasteiger partial charge in [-0.1, -0.05) is 41.9 Å². The van der Waals surface area contributed by atoms with Crippen LogP contribution in [-0.2, 0) is 6.18 Å². The van der Waals surface area contributed by atoms with Gasteiger partial charge in [-0.25, -0.2) is 0 Å². The van der Waals surface area contributed by atoms with Crippen LogP contribution in [-0.4, -0.2) is 5.11 Å². The first-order valence-electron chi connectivity index (χ1n) is 5.91. The maximum Gasteiger partial charge on any atom is 0.416 e. The zero-order valence-electron chi connectivity index (χ0n) is 10.6. The molecule has 106 valence electrons. The molecule has 1 atom stereocenters. The van der Waals surface area contributed by atoms with Crippen molar-refractivity contribution in [2.24, 2.45) is 0 Å². The second-order valence-corrected chi connectivity index (χ2v) is 4.85. The maximum absolute atomic E-state index is 13.0. The van der Waals surface area contributed by atoms with E-state index >= 15 is 0 Å². The number of halogens is 4. The van der Waals surface area contributed by atoms with Crippen LogP contribution in [0.4, 0.5) is 13.2 Å². The number of benzene rings is 2. The van der Waals surface area contributed by atoms with Gasteiger partial charge in [0.2, 0.25) is 0 Å². The van der Waals surface area contributed by atoms with E-state index in [0.717, 1.165) is 6.07 Å². The molecule has 0 amide bonds. The molecule has 0 aliphatic rings. The largest absolute Gasteiger partial charge is 0.416 e. The van der Waals surface area contributed by atoms with Crippen LogP contribution in [0.5, 0.6) is 0 Å². The summed E-state index contributed by atoms with van der Waals surface area (Å²) in [5.74, 6) is 0. The summed E-state index contributed by atoms with van der Waals surface area (Å²) < 4.78 is 38.9. The van der Waals surface area contributed by atoms with Gasteiger partial charge in [-0.05, 0) is 35.7 Å². The molecule has 0 spiro atoms. The van der Waals surface area contributed by atoms with Gasteiger partial charge in [0.1, 0.15) is 6.10 Å². The Labute approximate surface area is 119 Å². The summed E-state index contributed by atoms with van der Waals surface area (Å²) in [7, 11) is 0. The van der Waals surface area contributed by atoms with Crippen molar-refractivity contribution in [3.8, 4) is 0 Å². The SMILES string of the molecule is Cc1c(Cl)cccc1C(O)c1ccccc1C(F)(F)F. The van der Waals surface area contributed by atoms with Gasteiger partial charge < -0.3 is 5.11 Å². The predicted molar refractivity (Wildman–Crippen MR) is 71.7 cm³/mol. The van der Waals surface area contributed by atoms with Crippen molar-refractivity contribution in [2.75, 3.05) is 0 Å². The molecular formula is C15H12ClF3O. The Hall–Kier alpha value is -1.52. The van der Waals surface area contributed by atoms with E-state index in [4.69, 9.17) is 11.6 Å². The fraction of sp³-hybridized carbons (Fsp3) is 0.200. The first-order valence-corrected chi connectivity index (χ1v) is 6.29. The van der Waals surface area contributed by atoms with Gasteiger partial charge in [0.25, 0.3) is 0 Å². The summed E-state index contributed by atoms with van der Waals surface area (Å²) in [5.41, 5.74) is -0.0786. The van der Waals surface area contributed by atoms with Crippen molar-refractivity contribution in [1.82, 2.24) is 0 Å². The quantitative estimate of drug-likeness (QED) is 0.848. The molecular weight excluding hydrogens is 289 g/mol. The molecule has 0 fully saturated rings. The van der Waals surface area contributed by atoms with Gasteiger partial charge in [-0.3, -0.25) is 0 Å². The average Bonchev–Trinajstić information content (AvgIpc) is 2.40. The number of rotatable bonds is 2. The van der Waals surface area contributed by atoms with E-state index in [1.165, 1.54) is 18.2 Å². The minimum absolute atomic E-state index is 0.176. The van der Waals surface area contributed by atoms with Gasteiger partial charge in [-0.2, -0.15) is 13.2 Å². The van der Waals surface area contributed by atoms with Crippen LogP contribution < -0.4 is 0 Å². The number of hydrogen-bond donors (Lipinski definition) is 1. The minimum Gasteiger partial charge on any atom is -0.384 e. The summed E-state index contributed by atoms with van der Waals surface area (Å²) >= 11 is 5.94. The zero-order chi connectivity index (χ0) is 14.9. The summed E-state index contributed by atoms with van der Waals surface area (Å²) in [5, 5.41) is 10.7. The Morgan fingerprint density at radius 1 is 1.00 bits per heavy atom. The highest BCUT2D eigenvalue weighted by atomic mass is 35.5. The Morgan fingerprint density at radius 2 is 1.60 bits per heavy atom. The molecule has 0 aliphatic carbocycles. The number of aliphatic hydroxyl groups is 1. The third-order valence-corrected chi connectivity index (χ3v) is 3.57. The molecule has 0 saturated heterocycles. The van der Waals surface area contributed by atoms with Crippen molar-refractivity contribution in [3.63, 3.8) is 0 Å². The first kappa shape index (κ1) is 14.9. The fourth-order valence-electron chi connectivity index (χ4n) is 2.08. The van der Waals surface area contributed by atoms with Gasteiger partial charge in [0, 0.05) is 5.02 Å². The Balaban J connectivity index is 2.55. The van der Waals surface area contributed by atoms with Crippen LogP contribution in [0.2, 0.25) is 5.02 Å². The molecule has 0 heterocycles. The van der Waals surface area contributed by atoms with Crippen LogP contribution in [0.1, 0.15) is 28.4 Å². The van der Waals surface area contributed by atoms with Gasteiger partial charge in [0.05, 0.1) is 5.56 Å². The smallest absolute Gasteiger partial charge is 0.384 e. The second kappa shape index (κ2) is 5.46. The summed E-state index contributed by atoms with van der Waals surface area (Å²) in [4.78, 5) is 0. The molecule has 1 N–H and O–H groups in total. The summed E-state index contributed by atoms with van der Waals surface area (Å²) in [6.07, 6.45) is -5.88. The van der Waals surface area contributed by atoms with E-state index in [-0.39, 0.29) is 5.56 Å². The summed E-state index contributed by atoms with van der Waals surface area (Å²) in [6.45, 7) is 1.66. The molecule has 0 aliphatic heterocycles. The van der Waals surface area contributed by atoms with Crippen LogP contribution in [0.15, 0.2) is 42.5 Å². The van der Waals surface area contributed by atoms with Crippen molar-refractivity contribution < 1.29 is 18.3 Å². The first-order chi connectivity index (χ1) is 9.32. The van der Waals surface area contributed by atoms with Gasteiger partial charge in [-0.15, -0.1) is 0 Å². The predicted octanol–water partition coefficient (Wildman–Crippen LogP) is 4.75. The Kier molecular flexibility index (Phi) is 4.06. The molecule has 0 aromatic heterocycles. The third kappa shape index (κ3) is 2.81. The number of alkyl halides is 3. The highest BCUT2D eigenvalue weighted by Gasteiger charge is 2.35. The lowest BCUT2D eigenvalue weighted by Crippen LogP contribution is -2.13. The summed E-state index contributed by atoms with van der Waals surface area (Å²) in [6, 6.07) is 9.79. The Bertz CT molecular complexity index is 623. The average molecular weight is 301 g/mol. The van der Waals surface area contributed by atoms with E-state index in [1.54, 1.807) is 25.1 Å².